The van der Waals surface area contributed by atoms with Gasteiger partial charge in [-0.2, -0.15) is 8.78 Å². The van der Waals surface area contributed by atoms with E-state index in [0.29, 0.717) is 0 Å². The molecule has 66 valence electrons. The van der Waals surface area contributed by atoms with E-state index in [1.165, 1.54) is 12.1 Å². The number of nitrogens with two attached hydrogens (primary N) is 1. The molecule has 0 spiro atoms. The van der Waals surface area contributed by atoms with Crippen LogP contribution in [0.2, 0.25) is 0 Å². The normalized spacial score (nSPS) is 11.7. The van der Waals surface area contributed by atoms with Crippen LogP contribution in [0.1, 0.15) is 5.56 Å². The van der Waals surface area contributed by atoms with Crippen LogP contribution in [0.3, 0.4) is 0 Å². The predicted molar refractivity (Wildman–Crippen MR) is 47.1 cm³/mol. The summed E-state index contributed by atoms with van der Waals surface area (Å²) in [6.07, 6.45) is 0. The van der Waals surface area contributed by atoms with Crippen LogP contribution in [-0.4, -0.2) is 6.54 Å². The highest BCUT2D eigenvalue weighted by molar-refractivity contribution is 9.10. The van der Waals surface area contributed by atoms with Gasteiger partial charge >= 0.3 is 0 Å². The van der Waals surface area contributed by atoms with E-state index in [2.05, 4.69) is 15.9 Å². The molecule has 0 aromatic heterocycles. The van der Waals surface area contributed by atoms with Crippen LogP contribution in [0.4, 0.5) is 8.78 Å². The molecule has 0 unspecified atom stereocenters. The van der Waals surface area contributed by atoms with E-state index in [1.54, 1.807) is 12.1 Å². The standard InChI is InChI=1S/C8H8BrF2N/c9-7-3-1-6(2-4-7)8(10,11)5-12/h1-4H,5,12H2. The molecule has 0 saturated heterocycles. The van der Waals surface area contributed by atoms with Crippen molar-refractivity contribution in [3.63, 3.8) is 0 Å². The van der Waals surface area contributed by atoms with Crippen molar-refractivity contribution in [2.45, 2.75) is 5.92 Å². The maximum atomic E-state index is 12.9. The molecular formula is C8H8BrF2N. The Morgan fingerprint density at radius 1 is 1.25 bits per heavy atom. The first-order valence-corrected chi connectivity index (χ1v) is 4.19. The summed E-state index contributed by atoms with van der Waals surface area (Å²) in [4.78, 5) is 0. The van der Waals surface area contributed by atoms with Crippen LogP contribution in [0, 0.1) is 0 Å². The zero-order valence-corrected chi connectivity index (χ0v) is 7.81. The van der Waals surface area contributed by atoms with E-state index < -0.39 is 12.5 Å². The Hall–Kier alpha value is -0.480. The molecule has 0 aliphatic rings. The third-order valence-electron chi connectivity index (χ3n) is 1.52. The Bertz CT molecular complexity index is 258. The Morgan fingerprint density at radius 3 is 2.17 bits per heavy atom. The molecule has 12 heavy (non-hydrogen) atoms. The van der Waals surface area contributed by atoms with Gasteiger partial charge < -0.3 is 5.73 Å². The van der Waals surface area contributed by atoms with Gasteiger partial charge in [0.05, 0.1) is 6.54 Å². The second-order valence-corrected chi connectivity index (χ2v) is 3.33. The van der Waals surface area contributed by atoms with E-state index in [1.807, 2.05) is 0 Å². The average molecular weight is 236 g/mol. The summed E-state index contributed by atoms with van der Waals surface area (Å²) in [6, 6.07) is 5.85. The Labute approximate surface area is 77.7 Å². The zero-order chi connectivity index (χ0) is 9.19. The maximum Gasteiger partial charge on any atom is 0.285 e. The minimum atomic E-state index is -2.92. The fourth-order valence-corrected chi connectivity index (χ4v) is 1.08. The van der Waals surface area contributed by atoms with E-state index >= 15 is 0 Å². The monoisotopic (exact) mass is 235 g/mol. The fourth-order valence-electron chi connectivity index (χ4n) is 0.812. The number of hydrogen-bond donors (Lipinski definition) is 1. The molecule has 0 heterocycles. The van der Waals surface area contributed by atoms with Crippen LogP contribution in [0.5, 0.6) is 0 Å². The molecular weight excluding hydrogens is 228 g/mol. The first kappa shape index (κ1) is 9.61. The predicted octanol–water partition coefficient (Wildman–Crippen LogP) is 2.50. The van der Waals surface area contributed by atoms with Gasteiger partial charge in [0, 0.05) is 10.0 Å². The summed E-state index contributed by atoms with van der Waals surface area (Å²) in [6.45, 7) is -0.658. The zero-order valence-electron chi connectivity index (χ0n) is 6.23. The van der Waals surface area contributed by atoms with Crippen LogP contribution in [0.15, 0.2) is 28.7 Å². The molecule has 0 radical (unpaired) electrons. The van der Waals surface area contributed by atoms with Gasteiger partial charge in [-0.25, -0.2) is 0 Å². The highest BCUT2D eigenvalue weighted by Gasteiger charge is 2.28. The first-order valence-electron chi connectivity index (χ1n) is 3.40. The third kappa shape index (κ3) is 2.01. The molecule has 0 atom stereocenters. The summed E-state index contributed by atoms with van der Waals surface area (Å²) in [5.74, 6) is -2.92. The van der Waals surface area contributed by atoms with Crippen molar-refractivity contribution in [3.05, 3.63) is 34.3 Å². The van der Waals surface area contributed by atoms with Gasteiger partial charge in [-0.3, -0.25) is 0 Å². The van der Waals surface area contributed by atoms with Crippen molar-refractivity contribution in [2.75, 3.05) is 6.54 Å². The summed E-state index contributed by atoms with van der Waals surface area (Å²) in [5, 5.41) is 0. The van der Waals surface area contributed by atoms with Crippen molar-refractivity contribution >= 4 is 15.9 Å². The first-order chi connectivity index (χ1) is 5.56. The van der Waals surface area contributed by atoms with Crippen LogP contribution in [-0.2, 0) is 5.92 Å². The van der Waals surface area contributed by atoms with Gasteiger partial charge in [0.1, 0.15) is 0 Å². The lowest BCUT2D eigenvalue weighted by atomic mass is 10.1. The van der Waals surface area contributed by atoms with Crippen LogP contribution >= 0.6 is 15.9 Å². The van der Waals surface area contributed by atoms with Crippen molar-refractivity contribution in [1.29, 1.82) is 0 Å². The summed E-state index contributed by atoms with van der Waals surface area (Å²) in [5.41, 5.74) is 4.87. The number of halogens is 3. The summed E-state index contributed by atoms with van der Waals surface area (Å²) in [7, 11) is 0. The molecule has 0 fully saturated rings. The number of benzene rings is 1. The van der Waals surface area contributed by atoms with Gasteiger partial charge in [0.25, 0.3) is 5.92 Å². The van der Waals surface area contributed by atoms with E-state index in [0.717, 1.165) is 4.47 Å². The van der Waals surface area contributed by atoms with Crippen molar-refractivity contribution in [2.24, 2.45) is 5.73 Å². The van der Waals surface area contributed by atoms with E-state index in [4.69, 9.17) is 5.73 Å². The molecule has 1 nitrogen and oxygen atoms in total. The molecule has 1 aromatic carbocycles. The lowest BCUT2D eigenvalue weighted by Crippen LogP contribution is -2.24. The van der Waals surface area contributed by atoms with Crippen molar-refractivity contribution in [1.82, 2.24) is 0 Å². The van der Waals surface area contributed by atoms with Crippen LogP contribution in [0.25, 0.3) is 0 Å². The molecule has 2 N–H and O–H groups in total. The third-order valence-corrected chi connectivity index (χ3v) is 2.05. The molecule has 1 rings (SSSR count). The average Bonchev–Trinajstić information content (AvgIpc) is 2.05. The minimum Gasteiger partial charge on any atom is -0.325 e. The van der Waals surface area contributed by atoms with Crippen molar-refractivity contribution < 1.29 is 8.78 Å². The lowest BCUT2D eigenvalue weighted by molar-refractivity contribution is 0.00594. The van der Waals surface area contributed by atoms with Gasteiger partial charge in [-0.05, 0) is 12.1 Å². The number of rotatable bonds is 2. The number of hydrogen-bond acceptors (Lipinski definition) is 1. The van der Waals surface area contributed by atoms with Crippen molar-refractivity contribution in [3.8, 4) is 0 Å². The Balaban J connectivity index is 2.96. The summed E-state index contributed by atoms with van der Waals surface area (Å²) < 4.78 is 26.5. The molecule has 1 aromatic rings. The highest BCUT2D eigenvalue weighted by Crippen LogP contribution is 2.27. The molecule has 0 saturated carbocycles. The second-order valence-electron chi connectivity index (χ2n) is 2.42. The molecule has 0 aliphatic carbocycles. The smallest absolute Gasteiger partial charge is 0.285 e. The largest absolute Gasteiger partial charge is 0.325 e. The summed E-state index contributed by atoms with van der Waals surface area (Å²) >= 11 is 3.16. The van der Waals surface area contributed by atoms with Gasteiger partial charge in [-0.15, -0.1) is 0 Å². The lowest BCUT2D eigenvalue weighted by Gasteiger charge is -2.13. The molecule has 0 aliphatic heterocycles. The quantitative estimate of drug-likeness (QED) is 0.838. The Morgan fingerprint density at radius 2 is 1.75 bits per heavy atom. The molecule has 4 heteroatoms. The molecule has 0 amide bonds. The minimum absolute atomic E-state index is 0.0480. The fraction of sp³-hybridized carbons (Fsp3) is 0.250. The SMILES string of the molecule is NCC(F)(F)c1ccc(Br)cc1. The van der Waals surface area contributed by atoms with Gasteiger partial charge in [0.2, 0.25) is 0 Å². The van der Waals surface area contributed by atoms with Gasteiger partial charge in [-0.1, -0.05) is 28.1 Å². The Kier molecular flexibility index (Phi) is 2.80. The van der Waals surface area contributed by atoms with E-state index in [-0.39, 0.29) is 5.56 Å². The van der Waals surface area contributed by atoms with Gasteiger partial charge in [0.15, 0.2) is 0 Å². The van der Waals surface area contributed by atoms with E-state index in [9.17, 15) is 8.78 Å². The number of alkyl halides is 2. The highest BCUT2D eigenvalue weighted by atomic mass is 79.9. The molecule has 0 bridgehead atoms. The topological polar surface area (TPSA) is 26.0 Å². The van der Waals surface area contributed by atoms with Crippen LogP contribution < -0.4 is 5.73 Å². The second kappa shape index (κ2) is 3.49. The maximum absolute atomic E-state index is 12.9.